The SMILES string of the molecule is C=CCN1C(=O)C(C(=O)Nc2ccccc2)C2C[C@@]1(C)Oc1ccccc12. The van der Waals surface area contributed by atoms with Gasteiger partial charge in [0.25, 0.3) is 0 Å². The summed E-state index contributed by atoms with van der Waals surface area (Å²) in [6, 6.07) is 16.9. The molecule has 1 fully saturated rings. The molecular weight excluding hydrogens is 340 g/mol. The standard InChI is InChI=1S/C22H22N2O3/c1-3-13-24-21(26)19(20(25)23-15-9-5-4-6-10-15)17-14-22(24,2)27-18-12-8-7-11-16(17)18/h3-12,17,19H,1,13-14H2,2H3,(H,23,25)/t17?,19?,22-/m1/s1. The molecule has 138 valence electrons. The molecule has 0 spiro atoms. The van der Waals surface area contributed by atoms with Gasteiger partial charge in [-0.2, -0.15) is 0 Å². The smallest absolute Gasteiger partial charge is 0.239 e. The second-order valence-electron chi connectivity index (χ2n) is 7.20. The number of nitrogens with zero attached hydrogens (tertiary/aromatic N) is 1. The van der Waals surface area contributed by atoms with Crippen molar-refractivity contribution in [1.82, 2.24) is 4.90 Å². The lowest BCUT2D eigenvalue weighted by molar-refractivity contribution is -0.173. The summed E-state index contributed by atoms with van der Waals surface area (Å²) in [7, 11) is 0. The first-order valence-corrected chi connectivity index (χ1v) is 9.10. The van der Waals surface area contributed by atoms with Crippen LogP contribution in [0.15, 0.2) is 67.3 Å². The summed E-state index contributed by atoms with van der Waals surface area (Å²) in [5.41, 5.74) is 0.808. The Kier molecular flexibility index (Phi) is 4.22. The van der Waals surface area contributed by atoms with Gasteiger partial charge in [0.15, 0.2) is 5.72 Å². The van der Waals surface area contributed by atoms with Crippen molar-refractivity contribution in [3.05, 3.63) is 72.8 Å². The fraction of sp³-hybridized carbons (Fsp3) is 0.273. The van der Waals surface area contributed by atoms with Gasteiger partial charge >= 0.3 is 0 Å². The Bertz CT molecular complexity index is 895. The molecule has 5 nitrogen and oxygen atoms in total. The third-order valence-electron chi connectivity index (χ3n) is 5.39. The van der Waals surface area contributed by atoms with Crippen molar-refractivity contribution in [2.24, 2.45) is 5.92 Å². The second-order valence-corrected chi connectivity index (χ2v) is 7.20. The van der Waals surface area contributed by atoms with Crippen molar-refractivity contribution in [2.45, 2.75) is 25.0 Å². The molecule has 5 heteroatoms. The second kappa shape index (κ2) is 6.58. The van der Waals surface area contributed by atoms with E-state index in [1.165, 1.54) is 0 Å². The molecule has 27 heavy (non-hydrogen) atoms. The van der Waals surface area contributed by atoms with E-state index in [2.05, 4.69) is 11.9 Å². The van der Waals surface area contributed by atoms with E-state index in [4.69, 9.17) is 4.74 Å². The van der Waals surface area contributed by atoms with Crippen molar-refractivity contribution in [2.75, 3.05) is 11.9 Å². The van der Waals surface area contributed by atoms with Gasteiger partial charge in [-0.25, -0.2) is 0 Å². The number of para-hydroxylation sites is 2. The van der Waals surface area contributed by atoms with Crippen LogP contribution in [-0.2, 0) is 9.59 Å². The van der Waals surface area contributed by atoms with E-state index in [9.17, 15) is 9.59 Å². The highest BCUT2D eigenvalue weighted by atomic mass is 16.5. The molecule has 3 atom stereocenters. The van der Waals surface area contributed by atoms with E-state index in [0.29, 0.717) is 18.7 Å². The van der Waals surface area contributed by atoms with Gasteiger partial charge in [-0.05, 0) is 30.7 Å². The van der Waals surface area contributed by atoms with Crippen LogP contribution in [0.2, 0.25) is 0 Å². The first-order valence-electron chi connectivity index (χ1n) is 9.10. The Labute approximate surface area is 158 Å². The summed E-state index contributed by atoms with van der Waals surface area (Å²) in [6.07, 6.45) is 2.23. The van der Waals surface area contributed by atoms with Crippen molar-refractivity contribution >= 4 is 17.5 Å². The van der Waals surface area contributed by atoms with Crippen LogP contribution in [0.1, 0.15) is 24.8 Å². The maximum Gasteiger partial charge on any atom is 0.239 e. The van der Waals surface area contributed by atoms with Gasteiger partial charge in [-0.1, -0.05) is 42.5 Å². The van der Waals surface area contributed by atoms with E-state index < -0.39 is 11.6 Å². The minimum atomic E-state index is -0.803. The predicted octanol–water partition coefficient (Wildman–Crippen LogP) is 3.55. The van der Waals surface area contributed by atoms with Crippen LogP contribution >= 0.6 is 0 Å². The molecule has 2 aliphatic rings. The number of rotatable bonds is 4. The zero-order valence-corrected chi connectivity index (χ0v) is 15.2. The highest BCUT2D eigenvalue weighted by Gasteiger charge is 2.55. The largest absolute Gasteiger partial charge is 0.468 e. The van der Waals surface area contributed by atoms with Crippen LogP contribution in [0.3, 0.4) is 0 Å². The number of anilines is 1. The maximum atomic E-state index is 13.3. The normalized spacial score (nSPS) is 26.0. The van der Waals surface area contributed by atoms with Crippen molar-refractivity contribution in [1.29, 1.82) is 0 Å². The monoisotopic (exact) mass is 362 g/mol. The van der Waals surface area contributed by atoms with Crippen LogP contribution in [0, 0.1) is 5.92 Å². The van der Waals surface area contributed by atoms with Crippen molar-refractivity contribution in [3.8, 4) is 5.75 Å². The van der Waals surface area contributed by atoms with Crippen LogP contribution < -0.4 is 10.1 Å². The Morgan fingerprint density at radius 1 is 1.26 bits per heavy atom. The van der Waals surface area contributed by atoms with Gasteiger partial charge in [-0.3, -0.25) is 9.59 Å². The Morgan fingerprint density at radius 2 is 1.96 bits per heavy atom. The Hall–Kier alpha value is -3.08. The summed E-state index contributed by atoms with van der Waals surface area (Å²) in [5, 5.41) is 2.90. The number of benzene rings is 2. The van der Waals surface area contributed by atoms with Crippen LogP contribution in [0.5, 0.6) is 5.75 Å². The third kappa shape index (κ3) is 2.89. The summed E-state index contributed by atoms with van der Waals surface area (Å²) < 4.78 is 6.20. The van der Waals surface area contributed by atoms with Crippen molar-refractivity contribution in [3.63, 3.8) is 0 Å². The molecule has 2 heterocycles. The molecule has 2 unspecified atom stereocenters. The van der Waals surface area contributed by atoms with Gasteiger partial charge in [-0.15, -0.1) is 6.58 Å². The molecule has 2 amide bonds. The van der Waals surface area contributed by atoms with E-state index in [-0.39, 0.29) is 17.7 Å². The fourth-order valence-corrected chi connectivity index (χ4v) is 4.16. The topological polar surface area (TPSA) is 58.6 Å². The average molecular weight is 362 g/mol. The molecule has 0 saturated carbocycles. The minimum absolute atomic E-state index is 0.225. The molecule has 1 saturated heterocycles. The predicted molar refractivity (Wildman–Crippen MR) is 103 cm³/mol. The van der Waals surface area contributed by atoms with Gasteiger partial charge in [0.1, 0.15) is 11.7 Å². The van der Waals surface area contributed by atoms with E-state index in [1.807, 2.05) is 61.5 Å². The summed E-state index contributed by atoms with van der Waals surface area (Å²) in [4.78, 5) is 28.1. The quantitative estimate of drug-likeness (QED) is 0.668. The zero-order chi connectivity index (χ0) is 19.0. The minimum Gasteiger partial charge on any atom is -0.468 e. The molecule has 0 radical (unpaired) electrons. The molecule has 2 aliphatic heterocycles. The van der Waals surface area contributed by atoms with Gasteiger partial charge in [0.2, 0.25) is 11.8 Å². The molecule has 1 N–H and O–H groups in total. The first kappa shape index (κ1) is 17.3. The Morgan fingerprint density at radius 3 is 2.70 bits per heavy atom. The molecule has 0 aliphatic carbocycles. The van der Waals surface area contributed by atoms with Crippen LogP contribution in [0.4, 0.5) is 5.69 Å². The summed E-state index contributed by atoms with van der Waals surface area (Å²) in [5.74, 6) is -0.809. The highest BCUT2D eigenvalue weighted by Crippen LogP contribution is 2.50. The number of fused-ring (bicyclic) bond motifs is 4. The highest BCUT2D eigenvalue weighted by molar-refractivity contribution is 6.08. The number of piperidine rings is 1. The van der Waals surface area contributed by atoms with E-state index in [1.54, 1.807) is 11.0 Å². The van der Waals surface area contributed by atoms with Gasteiger partial charge in [0, 0.05) is 24.6 Å². The molecule has 2 aromatic carbocycles. The molecule has 2 aromatic rings. The molecule has 0 aromatic heterocycles. The van der Waals surface area contributed by atoms with E-state index in [0.717, 1.165) is 11.3 Å². The van der Waals surface area contributed by atoms with Crippen LogP contribution in [-0.4, -0.2) is 29.0 Å². The average Bonchev–Trinajstić information content (AvgIpc) is 2.66. The lowest BCUT2D eigenvalue weighted by Gasteiger charge is -2.52. The number of ether oxygens (including phenoxy) is 1. The molecule has 2 bridgehead atoms. The number of nitrogens with one attached hydrogen (secondary N) is 1. The number of carbonyl (C=O) groups excluding carboxylic acids is 2. The lowest BCUT2D eigenvalue weighted by Crippen LogP contribution is -2.64. The van der Waals surface area contributed by atoms with E-state index >= 15 is 0 Å². The van der Waals surface area contributed by atoms with Gasteiger partial charge in [0.05, 0.1) is 0 Å². The molecule has 4 rings (SSSR count). The Balaban J connectivity index is 1.75. The number of amides is 2. The lowest BCUT2D eigenvalue weighted by atomic mass is 9.73. The molecular formula is C22H22N2O3. The van der Waals surface area contributed by atoms with Gasteiger partial charge < -0.3 is 15.0 Å². The maximum absolute atomic E-state index is 13.3. The van der Waals surface area contributed by atoms with Crippen LogP contribution in [0.25, 0.3) is 0 Å². The fourth-order valence-electron chi connectivity index (χ4n) is 4.16. The summed E-state index contributed by atoms with van der Waals surface area (Å²) in [6.45, 7) is 6.00. The first-order chi connectivity index (χ1) is 13.0. The third-order valence-corrected chi connectivity index (χ3v) is 5.39. The zero-order valence-electron chi connectivity index (χ0n) is 15.2. The number of likely N-dealkylation sites (tertiary alicyclic amines) is 1. The number of hydrogen-bond donors (Lipinski definition) is 1. The van der Waals surface area contributed by atoms with Crippen molar-refractivity contribution < 1.29 is 14.3 Å². The summed E-state index contributed by atoms with van der Waals surface area (Å²) >= 11 is 0. The number of carbonyl (C=O) groups is 2. The number of hydrogen-bond acceptors (Lipinski definition) is 3.